The van der Waals surface area contributed by atoms with E-state index in [1.807, 2.05) is 41.2 Å². The molecule has 8 nitrogen and oxygen atoms in total. The van der Waals surface area contributed by atoms with Crippen molar-refractivity contribution in [3.63, 3.8) is 0 Å². The third-order valence-corrected chi connectivity index (χ3v) is 5.72. The maximum absolute atomic E-state index is 12.4. The molecule has 0 bridgehead atoms. The summed E-state index contributed by atoms with van der Waals surface area (Å²) < 4.78 is 7.93. The van der Waals surface area contributed by atoms with Crippen molar-refractivity contribution in [2.24, 2.45) is 0 Å². The Balaban J connectivity index is 1.23. The number of nitrogens with zero attached hydrogens (tertiary/aromatic N) is 4. The van der Waals surface area contributed by atoms with Crippen molar-refractivity contribution < 1.29 is 14.6 Å². The molecular formula is C24H29N5O3. The first-order valence-corrected chi connectivity index (χ1v) is 11.1. The fourth-order valence-corrected chi connectivity index (χ4v) is 4.07. The van der Waals surface area contributed by atoms with Gasteiger partial charge in [0.1, 0.15) is 6.10 Å². The number of carbonyl (C=O) groups excluding carboxylic acids is 1. The van der Waals surface area contributed by atoms with Gasteiger partial charge in [-0.2, -0.15) is 0 Å². The Hall–Kier alpha value is -3.10. The number of aliphatic hydroxyl groups is 1. The third kappa shape index (κ3) is 6.21. The minimum absolute atomic E-state index is 0.0143. The van der Waals surface area contributed by atoms with Gasteiger partial charge in [-0.25, -0.2) is 0 Å². The van der Waals surface area contributed by atoms with Gasteiger partial charge in [0.05, 0.1) is 30.9 Å². The maximum Gasteiger partial charge on any atom is 0.224 e. The zero-order chi connectivity index (χ0) is 22.2. The van der Waals surface area contributed by atoms with Gasteiger partial charge in [-0.3, -0.25) is 14.5 Å². The summed E-state index contributed by atoms with van der Waals surface area (Å²) in [6, 6.07) is 13.7. The van der Waals surface area contributed by atoms with Crippen LogP contribution in [0.1, 0.15) is 36.1 Å². The molecule has 1 saturated heterocycles. The van der Waals surface area contributed by atoms with Crippen molar-refractivity contribution in [1.29, 1.82) is 0 Å². The molecule has 1 fully saturated rings. The van der Waals surface area contributed by atoms with E-state index < -0.39 is 6.10 Å². The lowest BCUT2D eigenvalue weighted by molar-refractivity contribution is -0.128. The first-order chi connectivity index (χ1) is 15.7. The summed E-state index contributed by atoms with van der Waals surface area (Å²) in [4.78, 5) is 16.4. The van der Waals surface area contributed by atoms with Gasteiger partial charge >= 0.3 is 0 Å². The molecule has 168 valence electrons. The summed E-state index contributed by atoms with van der Waals surface area (Å²) in [5, 5.41) is 21.3. The zero-order valence-electron chi connectivity index (χ0n) is 18.0. The number of nitrogens with one attached hydrogen (secondary N) is 1. The van der Waals surface area contributed by atoms with E-state index in [1.165, 1.54) is 5.56 Å². The molecule has 3 atom stereocenters. The Kier molecular flexibility index (Phi) is 7.58. The number of pyridine rings is 1. The van der Waals surface area contributed by atoms with Crippen molar-refractivity contribution in [2.45, 2.75) is 56.9 Å². The summed E-state index contributed by atoms with van der Waals surface area (Å²) in [6.45, 7) is 0.571. The third-order valence-electron chi connectivity index (χ3n) is 5.72. The van der Waals surface area contributed by atoms with Crippen molar-refractivity contribution in [1.82, 2.24) is 25.3 Å². The Morgan fingerprint density at radius 3 is 2.78 bits per heavy atom. The van der Waals surface area contributed by atoms with Crippen LogP contribution in [0.4, 0.5) is 0 Å². The Morgan fingerprint density at radius 2 is 2.00 bits per heavy atom. The van der Waals surface area contributed by atoms with E-state index in [0.29, 0.717) is 6.54 Å². The number of rotatable bonds is 9. The van der Waals surface area contributed by atoms with Gasteiger partial charge in [-0.15, -0.1) is 5.10 Å². The molecule has 0 aliphatic carbocycles. The number of aliphatic hydroxyl groups excluding tert-OH is 1. The fourth-order valence-electron chi connectivity index (χ4n) is 4.07. The molecule has 2 aromatic heterocycles. The Bertz CT molecular complexity index is 980. The summed E-state index contributed by atoms with van der Waals surface area (Å²) >= 11 is 0. The first-order valence-electron chi connectivity index (χ1n) is 11.1. The van der Waals surface area contributed by atoms with Gasteiger partial charge in [0.15, 0.2) is 0 Å². The molecule has 32 heavy (non-hydrogen) atoms. The standard InChI is InChI=1S/C24H29N5O3/c30-17-23-22(26-24(31)14-19-7-4-11-25-15-19)9-8-21(32-23)10-12-29-16-20(27-28-29)13-18-5-2-1-3-6-18/h1-7,11,15-16,21-23,30H,8-10,12-14,17H2,(H,26,31)/t21-,22+,23-/m0/s1. The smallest absolute Gasteiger partial charge is 0.224 e. The van der Waals surface area contributed by atoms with Crippen molar-refractivity contribution in [3.05, 3.63) is 77.9 Å². The summed E-state index contributed by atoms with van der Waals surface area (Å²) in [5.74, 6) is -0.0861. The molecule has 0 radical (unpaired) electrons. The molecule has 3 aromatic rings. The Morgan fingerprint density at radius 1 is 1.16 bits per heavy atom. The van der Waals surface area contributed by atoms with E-state index in [4.69, 9.17) is 4.74 Å². The molecule has 3 heterocycles. The highest BCUT2D eigenvalue weighted by Crippen LogP contribution is 2.22. The lowest BCUT2D eigenvalue weighted by Gasteiger charge is -2.36. The van der Waals surface area contributed by atoms with Crippen LogP contribution in [0, 0.1) is 0 Å². The van der Waals surface area contributed by atoms with E-state index in [9.17, 15) is 9.90 Å². The fraction of sp³-hybridized carbons (Fsp3) is 0.417. The highest BCUT2D eigenvalue weighted by Gasteiger charge is 2.31. The molecule has 2 N–H and O–H groups in total. The van der Waals surface area contributed by atoms with Crippen LogP contribution in [0.2, 0.25) is 0 Å². The van der Waals surface area contributed by atoms with Crippen LogP contribution in [-0.4, -0.2) is 55.8 Å². The molecule has 1 aliphatic rings. The second kappa shape index (κ2) is 11.0. The minimum atomic E-state index is -0.406. The summed E-state index contributed by atoms with van der Waals surface area (Å²) in [6.07, 6.45) is 8.34. The Labute approximate surface area is 187 Å². The first kappa shape index (κ1) is 22.1. The molecule has 4 rings (SSSR count). The molecule has 1 aliphatic heterocycles. The molecule has 1 aromatic carbocycles. The number of benzene rings is 1. The number of hydrogen-bond acceptors (Lipinski definition) is 6. The number of ether oxygens (including phenoxy) is 1. The number of amides is 1. The van der Waals surface area contributed by atoms with Crippen molar-refractivity contribution in [3.8, 4) is 0 Å². The lowest BCUT2D eigenvalue weighted by Crippen LogP contribution is -2.51. The van der Waals surface area contributed by atoms with Gasteiger partial charge in [0.25, 0.3) is 0 Å². The topological polar surface area (TPSA) is 102 Å². The lowest BCUT2D eigenvalue weighted by atomic mass is 9.97. The number of aryl methyl sites for hydroxylation is 1. The van der Waals surface area contributed by atoms with Crippen LogP contribution in [0.3, 0.4) is 0 Å². The van der Waals surface area contributed by atoms with E-state index in [1.54, 1.807) is 12.4 Å². The monoisotopic (exact) mass is 435 g/mol. The van der Waals surface area contributed by atoms with Gasteiger partial charge in [-0.1, -0.05) is 41.6 Å². The van der Waals surface area contributed by atoms with Gasteiger partial charge in [0, 0.05) is 31.6 Å². The minimum Gasteiger partial charge on any atom is -0.394 e. The van der Waals surface area contributed by atoms with E-state index in [-0.39, 0.29) is 31.1 Å². The van der Waals surface area contributed by atoms with Gasteiger partial charge < -0.3 is 15.2 Å². The quantitative estimate of drug-likeness (QED) is 0.532. The second-order valence-corrected chi connectivity index (χ2v) is 8.19. The molecule has 1 amide bonds. The maximum atomic E-state index is 12.4. The predicted molar refractivity (Wildman–Crippen MR) is 119 cm³/mol. The van der Waals surface area contributed by atoms with Crippen molar-refractivity contribution >= 4 is 5.91 Å². The summed E-state index contributed by atoms with van der Waals surface area (Å²) in [7, 11) is 0. The average Bonchev–Trinajstić information content (AvgIpc) is 3.27. The van der Waals surface area contributed by atoms with Crippen LogP contribution in [-0.2, 0) is 28.9 Å². The van der Waals surface area contributed by atoms with Crippen molar-refractivity contribution in [2.75, 3.05) is 6.61 Å². The van der Waals surface area contributed by atoms with E-state index in [0.717, 1.165) is 36.9 Å². The molecular weight excluding hydrogens is 406 g/mol. The van der Waals surface area contributed by atoms with Crippen LogP contribution in [0.15, 0.2) is 61.1 Å². The average molecular weight is 436 g/mol. The number of carbonyl (C=O) groups is 1. The van der Waals surface area contributed by atoms with Crippen LogP contribution in [0.25, 0.3) is 0 Å². The molecule has 0 spiro atoms. The zero-order valence-corrected chi connectivity index (χ0v) is 18.0. The van der Waals surface area contributed by atoms with E-state index in [2.05, 4.69) is 32.7 Å². The normalized spacial score (nSPS) is 20.7. The van der Waals surface area contributed by atoms with Crippen LogP contribution >= 0.6 is 0 Å². The molecule has 0 saturated carbocycles. The highest BCUT2D eigenvalue weighted by molar-refractivity contribution is 5.78. The van der Waals surface area contributed by atoms with E-state index >= 15 is 0 Å². The highest BCUT2D eigenvalue weighted by atomic mass is 16.5. The molecule has 0 unspecified atom stereocenters. The van der Waals surface area contributed by atoms with Crippen LogP contribution < -0.4 is 5.32 Å². The second-order valence-electron chi connectivity index (χ2n) is 8.19. The van der Waals surface area contributed by atoms with Gasteiger partial charge in [0.2, 0.25) is 5.91 Å². The predicted octanol–water partition coefficient (Wildman–Crippen LogP) is 1.92. The molecule has 8 heteroatoms. The number of aromatic nitrogens is 4. The SMILES string of the molecule is O=C(Cc1cccnc1)N[C@@H]1CC[C@@H](CCn2cc(Cc3ccccc3)nn2)O[C@H]1CO. The number of hydrogen-bond donors (Lipinski definition) is 2. The summed E-state index contributed by atoms with van der Waals surface area (Å²) in [5.41, 5.74) is 3.00. The van der Waals surface area contributed by atoms with Crippen LogP contribution in [0.5, 0.6) is 0 Å². The van der Waals surface area contributed by atoms with Gasteiger partial charge in [-0.05, 0) is 36.5 Å². The largest absolute Gasteiger partial charge is 0.394 e.